The lowest BCUT2D eigenvalue weighted by atomic mass is 9.71. The highest BCUT2D eigenvalue weighted by molar-refractivity contribution is 6.43. The molecule has 0 spiro atoms. The van der Waals surface area contributed by atoms with Crippen LogP contribution in [0.15, 0.2) is 34.4 Å². The van der Waals surface area contributed by atoms with E-state index in [1.807, 2.05) is 0 Å². The van der Waals surface area contributed by atoms with Crippen molar-refractivity contribution in [3.8, 4) is 0 Å². The number of amidine groups is 1. The van der Waals surface area contributed by atoms with E-state index in [9.17, 15) is 26.7 Å². The summed E-state index contributed by atoms with van der Waals surface area (Å²) in [6, 6.07) is 3.33. The van der Waals surface area contributed by atoms with Crippen LogP contribution in [0.2, 0.25) is 0 Å². The van der Waals surface area contributed by atoms with E-state index in [0.717, 1.165) is 12.1 Å². The number of amides is 1. The second-order valence-electron chi connectivity index (χ2n) is 9.53. The van der Waals surface area contributed by atoms with Gasteiger partial charge in [0.25, 0.3) is 0 Å². The number of carbonyl (C=O) groups excluding carboxylic acids is 1. The molecule has 1 unspecified atom stereocenters. The van der Waals surface area contributed by atoms with Gasteiger partial charge >= 0.3 is 6.18 Å². The van der Waals surface area contributed by atoms with Crippen LogP contribution in [-0.2, 0) is 10.2 Å². The maximum atomic E-state index is 14.2. The molecule has 14 heteroatoms. The highest BCUT2D eigenvalue weighted by Gasteiger charge is 2.59. The number of nitrogen functional groups attached to an aromatic ring is 1. The van der Waals surface area contributed by atoms with E-state index < -0.39 is 35.6 Å². The molecule has 4 aliphatic rings. The van der Waals surface area contributed by atoms with Gasteiger partial charge < -0.3 is 11.1 Å². The lowest BCUT2D eigenvalue weighted by Crippen LogP contribution is -2.39. The van der Waals surface area contributed by atoms with Crippen molar-refractivity contribution in [1.82, 2.24) is 20.4 Å². The average molecular weight is 532 g/mol. The van der Waals surface area contributed by atoms with Crippen LogP contribution in [0, 0.1) is 17.6 Å². The second-order valence-corrected chi connectivity index (χ2v) is 9.53. The number of hydrazine groups is 1. The van der Waals surface area contributed by atoms with Crippen LogP contribution in [0.1, 0.15) is 49.1 Å². The Hall–Kier alpha value is -3.94. The maximum Gasteiger partial charge on any atom is 0.389 e. The number of benzene rings is 1. The van der Waals surface area contributed by atoms with Gasteiger partial charge in [0.05, 0.1) is 17.5 Å². The Morgan fingerprint density at radius 2 is 1.95 bits per heavy atom. The minimum atomic E-state index is -4.29. The molecule has 1 atom stereocenters. The fourth-order valence-corrected chi connectivity index (χ4v) is 5.30. The number of aromatic nitrogens is 2. The molecule has 9 nitrogen and oxygen atoms in total. The Labute approximate surface area is 212 Å². The summed E-state index contributed by atoms with van der Waals surface area (Å²) in [6.07, 6.45) is -2.52. The highest BCUT2D eigenvalue weighted by Crippen LogP contribution is 2.57. The fourth-order valence-electron chi connectivity index (χ4n) is 5.30. The van der Waals surface area contributed by atoms with Crippen LogP contribution >= 0.6 is 0 Å². The van der Waals surface area contributed by atoms with Gasteiger partial charge in [0.15, 0.2) is 23.3 Å². The normalized spacial score (nSPS) is 22.5. The molecule has 1 aliphatic carbocycles. The predicted octanol–water partition coefficient (Wildman–Crippen LogP) is 3.65. The quantitative estimate of drug-likeness (QED) is 0.489. The number of hydrogen-bond donors (Lipinski definition) is 3. The van der Waals surface area contributed by atoms with Crippen LogP contribution in [0.3, 0.4) is 0 Å². The molecule has 38 heavy (non-hydrogen) atoms. The number of nitrogens with one attached hydrogen (secondary N) is 2. The van der Waals surface area contributed by atoms with Gasteiger partial charge in [-0.15, -0.1) is 0 Å². The summed E-state index contributed by atoms with van der Waals surface area (Å²) in [5.74, 6) is -2.27. The van der Waals surface area contributed by atoms with E-state index in [0.29, 0.717) is 24.4 Å². The molecule has 0 bridgehead atoms. The highest BCUT2D eigenvalue weighted by atomic mass is 19.4. The van der Waals surface area contributed by atoms with Crippen molar-refractivity contribution in [2.75, 3.05) is 17.7 Å². The summed E-state index contributed by atoms with van der Waals surface area (Å²) in [6.45, 7) is 0.221. The van der Waals surface area contributed by atoms with Crippen molar-refractivity contribution in [3.63, 3.8) is 0 Å². The third-order valence-corrected chi connectivity index (χ3v) is 7.05. The zero-order chi connectivity index (χ0) is 26.8. The van der Waals surface area contributed by atoms with E-state index in [2.05, 4.69) is 30.7 Å². The maximum absolute atomic E-state index is 14.2. The van der Waals surface area contributed by atoms with E-state index in [1.165, 1.54) is 11.1 Å². The van der Waals surface area contributed by atoms with E-state index in [4.69, 9.17) is 5.73 Å². The Kier molecular flexibility index (Phi) is 5.49. The number of halogens is 5. The summed E-state index contributed by atoms with van der Waals surface area (Å²) >= 11 is 0. The van der Waals surface area contributed by atoms with Gasteiger partial charge in [0, 0.05) is 6.42 Å². The van der Waals surface area contributed by atoms with Crippen LogP contribution in [0.5, 0.6) is 0 Å². The number of rotatable bonds is 6. The molecule has 1 fully saturated rings. The van der Waals surface area contributed by atoms with Crippen molar-refractivity contribution in [3.05, 3.63) is 53.0 Å². The van der Waals surface area contributed by atoms with Crippen LogP contribution < -0.4 is 16.5 Å². The Bertz CT molecular complexity index is 1450. The van der Waals surface area contributed by atoms with Gasteiger partial charge in [0.1, 0.15) is 29.4 Å². The predicted molar refractivity (Wildman–Crippen MR) is 128 cm³/mol. The molecular weight excluding hydrogens is 511 g/mol. The van der Waals surface area contributed by atoms with Gasteiger partial charge in [-0.25, -0.2) is 34.2 Å². The number of aliphatic imine (C=N–C) groups is 2. The molecular formula is C24H21F5N8O. The van der Waals surface area contributed by atoms with Crippen molar-refractivity contribution in [2.24, 2.45) is 15.9 Å². The number of hydrogen-bond acceptors (Lipinski definition) is 8. The summed E-state index contributed by atoms with van der Waals surface area (Å²) < 4.78 is 66.0. The summed E-state index contributed by atoms with van der Waals surface area (Å²) in [5.41, 5.74) is 9.05. The Balaban J connectivity index is 1.40. The zero-order valence-corrected chi connectivity index (χ0v) is 19.7. The van der Waals surface area contributed by atoms with Crippen molar-refractivity contribution in [1.29, 1.82) is 0 Å². The monoisotopic (exact) mass is 532 g/mol. The van der Waals surface area contributed by atoms with Crippen molar-refractivity contribution in [2.45, 2.75) is 43.7 Å². The lowest BCUT2D eigenvalue weighted by molar-refractivity contribution is -0.135. The lowest BCUT2D eigenvalue weighted by Gasteiger charge is -2.28. The van der Waals surface area contributed by atoms with Crippen LogP contribution in [-0.4, -0.2) is 45.3 Å². The topological polar surface area (TPSA) is 121 Å². The first-order valence-corrected chi connectivity index (χ1v) is 12.0. The summed E-state index contributed by atoms with van der Waals surface area (Å²) in [7, 11) is 0. The SMILES string of the molecule is Nc1nc(C2=CN3NCN=C3C(CCCC(F)(F)F)=N2)nc2c1C(c1ccc(F)c(F)c1)(C1CC1)C(=O)N2. The number of nitrogens with two attached hydrogens (primary N) is 1. The van der Waals surface area contributed by atoms with Crippen LogP contribution in [0.25, 0.3) is 5.70 Å². The Morgan fingerprint density at radius 3 is 2.66 bits per heavy atom. The summed E-state index contributed by atoms with van der Waals surface area (Å²) in [5, 5.41) is 4.27. The van der Waals surface area contributed by atoms with E-state index in [-0.39, 0.29) is 59.7 Å². The van der Waals surface area contributed by atoms with Gasteiger partial charge in [0.2, 0.25) is 5.91 Å². The molecule has 6 rings (SSSR count). The standard InChI is InChI=1S/C24H21F5N8O/c25-13-6-5-12(8-14(13)26)24(11-3-4-11)17-18(30)34-19(35-20(17)36-22(24)38)16-9-37-21(31-10-32-37)15(33-16)2-1-7-23(27,28)29/h5-6,8-9,11,32H,1-4,7,10H2,(H3,30,34,35,36,38). The third kappa shape index (κ3) is 3.90. The molecule has 1 aromatic heterocycles. The number of alkyl halides is 3. The number of fused-ring (bicyclic) bond motifs is 2. The Morgan fingerprint density at radius 1 is 1.16 bits per heavy atom. The van der Waals surface area contributed by atoms with Gasteiger partial charge in [-0.1, -0.05) is 6.07 Å². The third-order valence-electron chi connectivity index (χ3n) is 7.05. The number of nitrogens with zero attached hydrogens (tertiary/aromatic N) is 5. The minimum Gasteiger partial charge on any atom is -0.383 e. The molecule has 3 aliphatic heterocycles. The molecule has 0 saturated heterocycles. The molecule has 1 aromatic carbocycles. The molecule has 4 N–H and O–H groups in total. The number of carbonyl (C=O) groups is 1. The van der Waals surface area contributed by atoms with Crippen molar-refractivity contribution >= 4 is 34.8 Å². The first-order valence-electron chi connectivity index (χ1n) is 12.0. The van der Waals surface area contributed by atoms with Gasteiger partial charge in [-0.2, -0.15) is 13.2 Å². The molecule has 198 valence electrons. The molecule has 0 radical (unpaired) electrons. The molecule has 1 amide bonds. The zero-order valence-electron chi connectivity index (χ0n) is 19.7. The van der Waals surface area contributed by atoms with Crippen LogP contribution in [0.4, 0.5) is 33.6 Å². The largest absolute Gasteiger partial charge is 0.389 e. The summed E-state index contributed by atoms with van der Waals surface area (Å²) in [4.78, 5) is 31.1. The first-order chi connectivity index (χ1) is 18.1. The van der Waals surface area contributed by atoms with Crippen molar-refractivity contribution < 1.29 is 26.7 Å². The molecule has 2 aromatic rings. The first kappa shape index (κ1) is 24.4. The number of anilines is 2. The van der Waals surface area contributed by atoms with Gasteiger partial charge in [-0.3, -0.25) is 9.80 Å². The minimum absolute atomic E-state index is 0.0198. The molecule has 1 saturated carbocycles. The smallest absolute Gasteiger partial charge is 0.383 e. The van der Waals surface area contributed by atoms with E-state index in [1.54, 1.807) is 6.20 Å². The van der Waals surface area contributed by atoms with Gasteiger partial charge in [-0.05, 0) is 49.3 Å². The van der Waals surface area contributed by atoms with E-state index >= 15 is 0 Å². The molecule has 4 heterocycles. The second kappa shape index (κ2) is 8.55. The average Bonchev–Trinajstić information content (AvgIpc) is 3.50. The fraction of sp³-hybridized carbons (Fsp3) is 0.375.